The summed E-state index contributed by atoms with van der Waals surface area (Å²) >= 11 is 1.40. The SMILES string of the molecule is O=C(NCCCN1CCCCC1)c1ccc(NC(=O)c2cccs2)cc1. The summed E-state index contributed by atoms with van der Waals surface area (Å²) in [5.74, 6) is -0.199. The second-order valence-corrected chi connectivity index (χ2v) is 7.47. The molecule has 2 amide bonds. The third kappa shape index (κ3) is 5.41. The van der Waals surface area contributed by atoms with Crippen molar-refractivity contribution in [1.29, 1.82) is 0 Å². The first-order valence-electron chi connectivity index (χ1n) is 9.18. The Hall–Kier alpha value is -2.18. The van der Waals surface area contributed by atoms with Crippen LogP contribution in [0.1, 0.15) is 45.7 Å². The first-order chi connectivity index (χ1) is 12.7. The normalized spacial score (nSPS) is 14.8. The van der Waals surface area contributed by atoms with Crippen LogP contribution < -0.4 is 10.6 Å². The first kappa shape index (κ1) is 18.6. The van der Waals surface area contributed by atoms with Gasteiger partial charge in [-0.2, -0.15) is 0 Å². The lowest BCUT2D eigenvalue weighted by Crippen LogP contribution is -2.33. The van der Waals surface area contributed by atoms with Crippen LogP contribution >= 0.6 is 11.3 Å². The van der Waals surface area contributed by atoms with Crippen molar-refractivity contribution in [2.75, 3.05) is 31.5 Å². The molecule has 3 rings (SSSR count). The van der Waals surface area contributed by atoms with E-state index in [0.717, 1.165) is 13.0 Å². The topological polar surface area (TPSA) is 61.4 Å². The average molecular weight is 372 g/mol. The highest BCUT2D eigenvalue weighted by Crippen LogP contribution is 2.14. The van der Waals surface area contributed by atoms with Crippen molar-refractivity contribution in [1.82, 2.24) is 10.2 Å². The number of likely N-dealkylation sites (tertiary alicyclic amines) is 1. The highest BCUT2D eigenvalue weighted by Gasteiger charge is 2.11. The molecule has 0 saturated carbocycles. The Bertz CT molecular complexity index is 707. The Balaban J connectivity index is 1.41. The summed E-state index contributed by atoms with van der Waals surface area (Å²) in [5.41, 5.74) is 1.29. The van der Waals surface area contributed by atoms with Crippen LogP contribution in [0.4, 0.5) is 5.69 Å². The largest absolute Gasteiger partial charge is 0.352 e. The molecule has 1 aliphatic heterocycles. The molecule has 2 N–H and O–H groups in total. The molecule has 1 aromatic carbocycles. The molecule has 0 radical (unpaired) electrons. The molecule has 2 heterocycles. The molecule has 0 spiro atoms. The molecule has 5 nitrogen and oxygen atoms in total. The van der Waals surface area contributed by atoms with Gasteiger partial charge in [0.05, 0.1) is 4.88 Å². The van der Waals surface area contributed by atoms with E-state index in [-0.39, 0.29) is 11.8 Å². The lowest BCUT2D eigenvalue weighted by atomic mass is 10.1. The van der Waals surface area contributed by atoms with E-state index in [2.05, 4.69) is 15.5 Å². The second-order valence-electron chi connectivity index (χ2n) is 6.52. The van der Waals surface area contributed by atoms with E-state index in [1.54, 1.807) is 30.3 Å². The smallest absolute Gasteiger partial charge is 0.265 e. The fourth-order valence-corrected chi connectivity index (χ4v) is 3.71. The zero-order chi connectivity index (χ0) is 18.2. The number of carbonyl (C=O) groups is 2. The molecule has 1 aromatic heterocycles. The van der Waals surface area contributed by atoms with Gasteiger partial charge < -0.3 is 15.5 Å². The van der Waals surface area contributed by atoms with Gasteiger partial charge in [-0.25, -0.2) is 0 Å². The van der Waals surface area contributed by atoms with Crippen molar-refractivity contribution < 1.29 is 9.59 Å². The molecule has 26 heavy (non-hydrogen) atoms. The lowest BCUT2D eigenvalue weighted by Gasteiger charge is -2.26. The van der Waals surface area contributed by atoms with Crippen molar-refractivity contribution in [3.8, 4) is 0 Å². The Morgan fingerprint density at radius 3 is 2.46 bits per heavy atom. The molecule has 2 aromatic rings. The number of rotatable bonds is 7. The minimum absolute atomic E-state index is 0.0697. The Morgan fingerprint density at radius 2 is 1.77 bits per heavy atom. The van der Waals surface area contributed by atoms with Crippen LogP contribution in [0.2, 0.25) is 0 Å². The van der Waals surface area contributed by atoms with Gasteiger partial charge in [0.2, 0.25) is 0 Å². The van der Waals surface area contributed by atoms with E-state index in [0.29, 0.717) is 22.7 Å². The number of nitrogens with one attached hydrogen (secondary N) is 2. The molecule has 6 heteroatoms. The third-order valence-corrected chi connectivity index (χ3v) is 5.40. The van der Waals surface area contributed by atoms with E-state index in [1.165, 1.54) is 43.7 Å². The van der Waals surface area contributed by atoms with Crippen molar-refractivity contribution >= 4 is 28.8 Å². The van der Waals surface area contributed by atoms with Gasteiger partial charge in [0.25, 0.3) is 11.8 Å². The summed E-state index contributed by atoms with van der Waals surface area (Å²) in [4.78, 5) is 27.4. The number of carbonyl (C=O) groups excluding carboxylic acids is 2. The molecule has 1 aliphatic rings. The van der Waals surface area contributed by atoms with E-state index >= 15 is 0 Å². The van der Waals surface area contributed by atoms with Gasteiger partial charge in [0.1, 0.15) is 0 Å². The van der Waals surface area contributed by atoms with Crippen molar-refractivity contribution in [2.45, 2.75) is 25.7 Å². The fourth-order valence-electron chi connectivity index (χ4n) is 3.10. The van der Waals surface area contributed by atoms with Crippen molar-refractivity contribution in [3.05, 3.63) is 52.2 Å². The minimum atomic E-state index is -0.130. The van der Waals surface area contributed by atoms with Gasteiger partial charge >= 0.3 is 0 Å². The van der Waals surface area contributed by atoms with Gasteiger partial charge in [0.15, 0.2) is 0 Å². The van der Waals surface area contributed by atoms with E-state index < -0.39 is 0 Å². The standard InChI is InChI=1S/C20H25N3O2S/c24-19(21-11-5-14-23-12-2-1-3-13-23)16-7-9-17(10-8-16)22-20(25)18-6-4-15-26-18/h4,6-10,15H,1-3,5,11-14H2,(H,21,24)(H,22,25). The summed E-state index contributed by atoms with van der Waals surface area (Å²) < 4.78 is 0. The van der Waals surface area contributed by atoms with Crippen LogP contribution in [0.25, 0.3) is 0 Å². The number of benzene rings is 1. The summed E-state index contributed by atoms with van der Waals surface area (Å²) in [6.07, 6.45) is 4.90. The predicted molar refractivity (Wildman–Crippen MR) is 106 cm³/mol. The van der Waals surface area contributed by atoms with Crippen molar-refractivity contribution in [2.24, 2.45) is 0 Å². The number of hydrogen-bond acceptors (Lipinski definition) is 4. The maximum atomic E-state index is 12.2. The third-order valence-electron chi connectivity index (χ3n) is 4.54. The molecule has 0 atom stereocenters. The first-order valence-corrected chi connectivity index (χ1v) is 10.1. The maximum absolute atomic E-state index is 12.2. The molecule has 0 unspecified atom stereocenters. The molecule has 1 saturated heterocycles. The van der Waals surface area contributed by atoms with E-state index in [1.807, 2.05) is 11.4 Å². The summed E-state index contributed by atoms with van der Waals surface area (Å²) in [5, 5.41) is 7.67. The summed E-state index contributed by atoms with van der Waals surface area (Å²) in [7, 11) is 0. The van der Waals surface area contributed by atoms with Crippen LogP contribution in [0.3, 0.4) is 0 Å². The van der Waals surface area contributed by atoms with Crippen LogP contribution in [-0.2, 0) is 0 Å². The monoisotopic (exact) mass is 371 g/mol. The van der Waals surface area contributed by atoms with Crippen LogP contribution in [-0.4, -0.2) is 42.9 Å². The number of piperidine rings is 1. The average Bonchev–Trinajstić information content (AvgIpc) is 3.21. The molecular weight excluding hydrogens is 346 g/mol. The molecule has 0 bridgehead atoms. The number of anilines is 1. The predicted octanol–water partition coefficient (Wildman–Crippen LogP) is 3.61. The number of hydrogen-bond donors (Lipinski definition) is 2. The quantitative estimate of drug-likeness (QED) is 0.731. The number of nitrogens with zero attached hydrogens (tertiary/aromatic N) is 1. The zero-order valence-corrected chi connectivity index (χ0v) is 15.7. The summed E-state index contributed by atoms with van der Waals surface area (Å²) in [6, 6.07) is 10.6. The highest BCUT2D eigenvalue weighted by molar-refractivity contribution is 7.12. The van der Waals surface area contributed by atoms with Crippen LogP contribution in [0.5, 0.6) is 0 Å². The molecule has 0 aliphatic carbocycles. The minimum Gasteiger partial charge on any atom is -0.352 e. The fraction of sp³-hybridized carbons (Fsp3) is 0.400. The Labute approximate surface area is 158 Å². The van der Waals surface area contributed by atoms with Gasteiger partial charge in [-0.1, -0.05) is 12.5 Å². The van der Waals surface area contributed by atoms with Gasteiger partial charge in [-0.3, -0.25) is 9.59 Å². The Morgan fingerprint density at radius 1 is 1.00 bits per heavy atom. The van der Waals surface area contributed by atoms with Gasteiger partial charge in [0, 0.05) is 17.8 Å². The second kappa shape index (κ2) is 9.50. The zero-order valence-electron chi connectivity index (χ0n) is 14.9. The Kier molecular flexibility index (Phi) is 6.80. The molecule has 138 valence electrons. The van der Waals surface area contributed by atoms with E-state index in [9.17, 15) is 9.59 Å². The molecule has 1 fully saturated rings. The number of thiophene rings is 1. The van der Waals surface area contributed by atoms with Gasteiger partial charge in [-0.15, -0.1) is 11.3 Å². The maximum Gasteiger partial charge on any atom is 0.265 e. The van der Waals surface area contributed by atoms with Gasteiger partial charge in [-0.05, 0) is 74.6 Å². The summed E-state index contributed by atoms with van der Waals surface area (Å²) in [6.45, 7) is 4.11. The van der Waals surface area contributed by atoms with Crippen molar-refractivity contribution in [3.63, 3.8) is 0 Å². The van der Waals surface area contributed by atoms with E-state index in [4.69, 9.17) is 0 Å². The highest BCUT2D eigenvalue weighted by atomic mass is 32.1. The van der Waals surface area contributed by atoms with Crippen LogP contribution in [0.15, 0.2) is 41.8 Å². The molecular formula is C20H25N3O2S. The number of amides is 2. The lowest BCUT2D eigenvalue weighted by molar-refractivity contribution is 0.0950. The van der Waals surface area contributed by atoms with Crippen LogP contribution in [0, 0.1) is 0 Å².